The Labute approximate surface area is 142 Å². The molecule has 0 unspecified atom stereocenters. The molecule has 0 fully saturated rings. The molecule has 0 radical (unpaired) electrons. The summed E-state index contributed by atoms with van der Waals surface area (Å²) in [7, 11) is 0. The van der Waals surface area contributed by atoms with Crippen LogP contribution in [0.2, 0.25) is 0 Å². The van der Waals surface area contributed by atoms with Gasteiger partial charge >= 0.3 is 0 Å². The number of nitrogens with zero attached hydrogens (tertiary/aromatic N) is 2. The van der Waals surface area contributed by atoms with Crippen LogP contribution in [-0.4, -0.2) is 28.2 Å². The Morgan fingerprint density at radius 3 is 2.46 bits per heavy atom. The normalized spacial score (nSPS) is 10.3. The van der Waals surface area contributed by atoms with Crippen LogP contribution < -0.4 is 5.32 Å². The Morgan fingerprint density at radius 2 is 1.88 bits per heavy atom. The molecule has 0 saturated carbocycles. The minimum atomic E-state index is -0.0996. The average molecular weight is 325 g/mol. The number of carbonyl (C=O) groups is 2. The van der Waals surface area contributed by atoms with Gasteiger partial charge in [0.25, 0.3) is 0 Å². The van der Waals surface area contributed by atoms with Gasteiger partial charge < -0.3 is 10.2 Å². The minimum absolute atomic E-state index is 0.0574. The van der Waals surface area contributed by atoms with E-state index in [4.69, 9.17) is 0 Å². The standard InChI is InChI=1S/C19H23N3O2/c1-14-9-15(2)11-18(10-14)21-19(24)6-8-22(16(3)23)13-17-5-4-7-20-12-17/h4-5,7,9-12H,6,8,13H2,1-3H3,(H,21,24). The first kappa shape index (κ1) is 17.7. The molecular formula is C19H23N3O2. The molecular weight excluding hydrogens is 302 g/mol. The summed E-state index contributed by atoms with van der Waals surface area (Å²) in [6.45, 7) is 6.33. The van der Waals surface area contributed by atoms with E-state index in [9.17, 15) is 9.59 Å². The van der Waals surface area contributed by atoms with Crippen molar-refractivity contribution in [2.24, 2.45) is 0 Å². The number of aromatic nitrogens is 1. The Kier molecular flexibility index (Phi) is 6.07. The fourth-order valence-corrected chi connectivity index (χ4v) is 2.57. The zero-order valence-electron chi connectivity index (χ0n) is 14.4. The molecule has 2 aromatic rings. The maximum atomic E-state index is 12.2. The van der Waals surface area contributed by atoms with Gasteiger partial charge in [0.05, 0.1) is 0 Å². The molecule has 0 aliphatic rings. The number of pyridine rings is 1. The van der Waals surface area contributed by atoms with E-state index in [1.165, 1.54) is 6.92 Å². The first-order valence-electron chi connectivity index (χ1n) is 7.96. The van der Waals surface area contributed by atoms with Crippen LogP contribution in [0.15, 0.2) is 42.7 Å². The van der Waals surface area contributed by atoms with Crippen molar-refractivity contribution in [3.05, 3.63) is 59.4 Å². The molecule has 0 atom stereocenters. The highest BCUT2D eigenvalue weighted by atomic mass is 16.2. The molecule has 1 aromatic heterocycles. The lowest BCUT2D eigenvalue weighted by atomic mass is 10.1. The number of anilines is 1. The lowest BCUT2D eigenvalue weighted by Crippen LogP contribution is -2.31. The van der Waals surface area contributed by atoms with Gasteiger partial charge in [-0.2, -0.15) is 0 Å². The Balaban J connectivity index is 1.91. The van der Waals surface area contributed by atoms with Crippen molar-refractivity contribution >= 4 is 17.5 Å². The second-order valence-corrected chi connectivity index (χ2v) is 5.98. The SMILES string of the molecule is CC(=O)N(CCC(=O)Nc1cc(C)cc(C)c1)Cc1cccnc1. The number of hydrogen-bond donors (Lipinski definition) is 1. The van der Waals surface area contributed by atoms with Crippen LogP contribution in [0.25, 0.3) is 0 Å². The highest BCUT2D eigenvalue weighted by Crippen LogP contribution is 2.14. The number of rotatable bonds is 6. The summed E-state index contributed by atoms with van der Waals surface area (Å²) in [6, 6.07) is 9.67. The van der Waals surface area contributed by atoms with Gasteiger partial charge in [0.15, 0.2) is 0 Å². The Bertz CT molecular complexity index is 694. The fourth-order valence-electron chi connectivity index (χ4n) is 2.57. The minimum Gasteiger partial charge on any atom is -0.338 e. The number of nitrogens with one attached hydrogen (secondary N) is 1. The van der Waals surface area contributed by atoms with E-state index >= 15 is 0 Å². The lowest BCUT2D eigenvalue weighted by molar-refractivity contribution is -0.129. The second-order valence-electron chi connectivity index (χ2n) is 5.98. The number of carbonyl (C=O) groups excluding carboxylic acids is 2. The monoisotopic (exact) mass is 325 g/mol. The molecule has 0 aliphatic carbocycles. The van der Waals surface area contributed by atoms with Crippen LogP contribution in [0.4, 0.5) is 5.69 Å². The summed E-state index contributed by atoms with van der Waals surface area (Å²) in [4.78, 5) is 29.6. The number of hydrogen-bond acceptors (Lipinski definition) is 3. The first-order chi connectivity index (χ1) is 11.4. The molecule has 0 saturated heterocycles. The van der Waals surface area contributed by atoms with Gasteiger partial charge in [-0.15, -0.1) is 0 Å². The van der Waals surface area contributed by atoms with E-state index < -0.39 is 0 Å². The van der Waals surface area contributed by atoms with Gasteiger partial charge in [0.2, 0.25) is 11.8 Å². The van der Waals surface area contributed by atoms with Crippen molar-refractivity contribution < 1.29 is 9.59 Å². The second kappa shape index (κ2) is 8.24. The van der Waals surface area contributed by atoms with Crippen molar-refractivity contribution in [3.8, 4) is 0 Å². The third-order valence-electron chi connectivity index (χ3n) is 3.66. The maximum Gasteiger partial charge on any atom is 0.226 e. The summed E-state index contributed by atoms with van der Waals surface area (Å²) >= 11 is 0. The van der Waals surface area contributed by atoms with Gasteiger partial charge in [0, 0.05) is 44.5 Å². The summed E-state index contributed by atoms with van der Waals surface area (Å²) in [5.74, 6) is -0.157. The zero-order chi connectivity index (χ0) is 17.5. The van der Waals surface area contributed by atoms with Crippen molar-refractivity contribution in [2.45, 2.75) is 33.7 Å². The van der Waals surface area contributed by atoms with Crippen LogP contribution in [0.5, 0.6) is 0 Å². The van der Waals surface area contributed by atoms with E-state index in [0.29, 0.717) is 13.1 Å². The van der Waals surface area contributed by atoms with Crippen molar-refractivity contribution in [2.75, 3.05) is 11.9 Å². The van der Waals surface area contributed by atoms with E-state index in [1.807, 2.05) is 38.1 Å². The number of benzene rings is 1. The smallest absolute Gasteiger partial charge is 0.226 e. The third-order valence-corrected chi connectivity index (χ3v) is 3.66. The average Bonchev–Trinajstić information content (AvgIpc) is 2.51. The summed E-state index contributed by atoms with van der Waals surface area (Å²) < 4.78 is 0. The Hall–Kier alpha value is -2.69. The molecule has 0 spiro atoms. The molecule has 2 amide bonds. The molecule has 2 rings (SSSR count). The first-order valence-corrected chi connectivity index (χ1v) is 7.96. The molecule has 5 nitrogen and oxygen atoms in total. The van der Waals surface area contributed by atoms with Crippen LogP contribution in [0.3, 0.4) is 0 Å². The maximum absolute atomic E-state index is 12.2. The predicted octanol–water partition coefficient (Wildman–Crippen LogP) is 3.08. The van der Waals surface area contributed by atoms with E-state index in [0.717, 1.165) is 22.4 Å². The summed E-state index contributed by atoms with van der Waals surface area (Å²) in [5.41, 5.74) is 3.95. The summed E-state index contributed by atoms with van der Waals surface area (Å²) in [5, 5.41) is 2.89. The highest BCUT2D eigenvalue weighted by molar-refractivity contribution is 5.91. The van der Waals surface area contributed by atoms with Crippen LogP contribution >= 0.6 is 0 Å². The van der Waals surface area contributed by atoms with E-state index in [1.54, 1.807) is 17.3 Å². The van der Waals surface area contributed by atoms with E-state index in [2.05, 4.69) is 16.4 Å². The summed E-state index contributed by atoms with van der Waals surface area (Å²) in [6.07, 6.45) is 3.68. The number of amides is 2. The van der Waals surface area contributed by atoms with Gasteiger partial charge in [-0.25, -0.2) is 0 Å². The predicted molar refractivity (Wildman–Crippen MR) is 94.5 cm³/mol. The van der Waals surface area contributed by atoms with Gasteiger partial charge in [-0.1, -0.05) is 12.1 Å². The molecule has 1 aromatic carbocycles. The number of aryl methyl sites for hydroxylation is 2. The van der Waals surface area contributed by atoms with Crippen molar-refractivity contribution in [1.82, 2.24) is 9.88 Å². The van der Waals surface area contributed by atoms with Crippen molar-refractivity contribution in [1.29, 1.82) is 0 Å². The zero-order valence-corrected chi connectivity index (χ0v) is 14.4. The molecule has 24 heavy (non-hydrogen) atoms. The quantitative estimate of drug-likeness (QED) is 0.888. The van der Waals surface area contributed by atoms with Crippen LogP contribution in [-0.2, 0) is 16.1 Å². The fraction of sp³-hybridized carbons (Fsp3) is 0.316. The molecule has 1 N–H and O–H groups in total. The van der Waals surface area contributed by atoms with E-state index in [-0.39, 0.29) is 18.2 Å². The van der Waals surface area contributed by atoms with Crippen LogP contribution in [0, 0.1) is 13.8 Å². The molecule has 1 heterocycles. The Morgan fingerprint density at radius 1 is 1.17 bits per heavy atom. The third kappa shape index (κ3) is 5.50. The molecule has 126 valence electrons. The van der Waals surface area contributed by atoms with Crippen molar-refractivity contribution in [3.63, 3.8) is 0 Å². The van der Waals surface area contributed by atoms with Crippen LogP contribution in [0.1, 0.15) is 30.0 Å². The highest BCUT2D eigenvalue weighted by Gasteiger charge is 2.12. The molecule has 0 bridgehead atoms. The topological polar surface area (TPSA) is 62.3 Å². The lowest BCUT2D eigenvalue weighted by Gasteiger charge is -2.20. The van der Waals surface area contributed by atoms with Gasteiger partial charge in [-0.05, 0) is 48.7 Å². The van der Waals surface area contributed by atoms with Gasteiger partial charge in [-0.3, -0.25) is 14.6 Å². The largest absolute Gasteiger partial charge is 0.338 e. The molecule has 5 heteroatoms. The molecule has 0 aliphatic heterocycles. The van der Waals surface area contributed by atoms with Gasteiger partial charge in [0.1, 0.15) is 0 Å².